The Kier molecular flexibility index (Phi) is 3.88. The normalized spacial score (nSPS) is 25.3. The molecule has 2 aliphatic rings. The molecule has 2 bridgehead atoms. The van der Waals surface area contributed by atoms with Crippen LogP contribution in [0.2, 0.25) is 0 Å². The second kappa shape index (κ2) is 6.35. The minimum absolute atomic E-state index is 0.0694. The van der Waals surface area contributed by atoms with E-state index in [1.807, 2.05) is 58.9 Å². The average Bonchev–Trinajstić information content (AvgIpc) is 3.17. The molecule has 1 aliphatic carbocycles. The number of amides is 2. The summed E-state index contributed by atoms with van der Waals surface area (Å²) < 4.78 is 1.99. The molecule has 6 heteroatoms. The molecular weight excluding hydrogens is 362 g/mol. The van der Waals surface area contributed by atoms with Crippen molar-refractivity contribution in [2.45, 2.75) is 45.2 Å². The zero-order valence-corrected chi connectivity index (χ0v) is 16.6. The van der Waals surface area contributed by atoms with Gasteiger partial charge in [-0.15, -0.1) is 0 Å². The van der Waals surface area contributed by atoms with Crippen LogP contribution < -0.4 is 5.32 Å². The summed E-state index contributed by atoms with van der Waals surface area (Å²) >= 11 is 0. The lowest BCUT2D eigenvalue weighted by atomic mass is 9.66. The van der Waals surface area contributed by atoms with Crippen LogP contribution in [0, 0.1) is 23.7 Å². The Labute approximate surface area is 169 Å². The van der Waals surface area contributed by atoms with Crippen molar-refractivity contribution in [3.8, 4) is 17.2 Å². The quantitative estimate of drug-likeness (QED) is 0.700. The molecular formula is C23H23N5O. The number of aryl methyl sites for hydroxylation is 1. The van der Waals surface area contributed by atoms with Crippen molar-refractivity contribution in [1.29, 1.82) is 5.26 Å². The summed E-state index contributed by atoms with van der Waals surface area (Å²) in [6.07, 6.45) is 8.42. The van der Waals surface area contributed by atoms with Gasteiger partial charge in [0, 0.05) is 41.9 Å². The van der Waals surface area contributed by atoms with E-state index in [0.717, 1.165) is 47.3 Å². The molecule has 2 fully saturated rings. The number of benzene rings is 1. The predicted molar refractivity (Wildman–Crippen MR) is 111 cm³/mol. The minimum atomic E-state index is -0.300. The SMILES string of the molecule is Cc1ccc(NC(=O)N2C3CC2CC(C)(C#N)C3)cc1-c1cnc2cccn2c1. The van der Waals surface area contributed by atoms with E-state index in [9.17, 15) is 10.1 Å². The minimum Gasteiger partial charge on any atom is -0.318 e. The first-order valence-electron chi connectivity index (χ1n) is 10.0. The van der Waals surface area contributed by atoms with Crippen LogP contribution in [0.15, 0.2) is 48.9 Å². The lowest BCUT2D eigenvalue weighted by Gasteiger charge is -2.56. The maximum atomic E-state index is 12.9. The Morgan fingerprint density at radius 2 is 2.10 bits per heavy atom. The van der Waals surface area contributed by atoms with E-state index >= 15 is 0 Å². The molecule has 1 saturated heterocycles. The number of hydrogen-bond donors (Lipinski definition) is 1. The van der Waals surface area contributed by atoms with E-state index in [1.54, 1.807) is 0 Å². The summed E-state index contributed by atoms with van der Waals surface area (Å²) in [5, 5.41) is 12.5. The van der Waals surface area contributed by atoms with Gasteiger partial charge in [-0.1, -0.05) is 6.07 Å². The molecule has 2 amide bonds. The molecule has 1 saturated carbocycles. The number of likely N-dealkylation sites (tertiary alicyclic amines) is 1. The molecule has 6 nitrogen and oxygen atoms in total. The zero-order chi connectivity index (χ0) is 20.2. The van der Waals surface area contributed by atoms with Crippen molar-refractivity contribution < 1.29 is 4.79 Å². The Hall–Kier alpha value is -3.33. The van der Waals surface area contributed by atoms with Gasteiger partial charge in [-0.3, -0.25) is 0 Å². The van der Waals surface area contributed by atoms with Gasteiger partial charge in [0.2, 0.25) is 0 Å². The summed E-state index contributed by atoms with van der Waals surface area (Å²) in [5.74, 6) is 0. The van der Waals surface area contributed by atoms with Gasteiger partial charge < -0.3 is 14.6 Å². The van der Waals surface area contributed by atoms with Gasteiger partial charge in [0.1, 0.15) is 5.65 Å². The lowest BCUT2D eigenvalue weighted by Crippen LogP contribution is -2.65. The van der Waals surface area contributed by atoms with E-state index in [0.29, 0.717) is 0 Å². The fourth-order valence-electron chi connectivity index (χ4n) is 4.87. The molecule has 146 valence electrons. The maximum absolute atomic E-state index is 12.9. The van der Waals surface area contributed by atoms with Crippen LogP contribution in [0.1, 0.15) is 31.7 Å². The Bertz CT molecular complexity index is 1150. The van der Waals surface area contributed by atoms with Crippen molar-refractivity contribution in [3.05, 3.63) is 54.5 Å². The highest BCUT2D eigenvalue weighted by molar-refractivity contribution is 5.91. The van der Waals surface area contributed by atoms with Gasteiger partial charge in [0.05, 0.1) is 11.5 Å². The lowest BCUT2D eigenvalue weighted by molar-refractivity contribution is -0.0271. The molecule has 29 heavy (non-hydrogen) atoms. The monoisotopic (exact) mass is 385 g/mol. The first kappa shape index (κ1) is 17.7. The van der Waals surface area contributed by atoms with Gasteiger partial charge in [-0.25, -0.2) is 9.78 Å². The first-order chi connectivity index (χ1) is 14.0. The second-order valence-electron chi connectivity index (χ2n) is 8.61. The molecule has 2 atom stereocenters. The van der Waals surface area contributed by atoms with Crippen molar-refractivity contribution in [2.24, 2.45) is 5.41 Å². The van der Waals surface area contributed by atoms with Gasteiger partial charge >= 0.3 is 6.03 Å². The number of anilines is 1. The third-order valence-electron chi connectivity index (χ3n) is 6.38. The summed E-state index contributed by atoms with van der Waals surface area (Å²) in [6, 6.07) is 12.6. The highest BCUT2D eigenvalue weighted by atomic mass is 16.2. The molecule has 1 aliphatic heterocycles. The topological polar surface area (TPSA) is 73.4 Å². The maximum Gasteiger partial charge on any atom is 0.322 e. The van der Waals surface area contributed by atoms with E-state index in [-0.39, 0.29) is 23.5 Å². The summed E-state index contributed by atoms with van der Waals surface area (Å²) in [6.45, 7) is 4.06. The zero-order valence-electron chi connectivity index (χ0n) is 16.6. The van der Waals surface area contributed by atoms with E-state index in [4.69, 9.17) is 0 Å². The standard InChI is InChI=1S/C23H23N5O/c1-15-5-6-17(8-20(15)16-12-25-21-4-3-7-27(21)13-16)26-22(29)28-18-9-19(28)11-23(2,10-18)14-24/h3-8,12-13,18-19H,9-11H2,1-2H3,(H,26,29). The van der Waals surface area contributed by atoms with E-state index < -0.39 is 0 Å². The highest BCUT2D eigenvalue weighted by Gasteiger charge is 2.52. The molecule has 1 aromatic carbocycles. The van der Waals surface area contributed by atoms with Gasteiger partial charge in [0.15, 0.2) is 0 Å². The number of nitrogens with one attached hydrogen (secondary N) is 1. The number of aromatic nitrogens is 2. The largest absolute Gasteiger partial charge is 0.322 e. The van der Waals surface area contributed by atoms with Crippen molar-refractivity contribution in [1.82, 2.24) is 14.3 Å². The van der Waals surface area contributed by atoms with Crippen LogP contribution in [-0.2, 0) is 0 Å². The number of fused-ring (bicyclic) bond motifs is 3. The number of carbonyl (C=O) groups is 1. The number of nitrogens with zero attached hydrogens (tertiary/aromatic N) is 4. The molecule has 2 unspecified atom stereocenters. The van der Waals surface area contributed by atoms with Crippen LogP contribution >= 0.6 is 0 Å². The number of hydrogen-bond acceptors (Lipinski definition) is 3. The number of urea groups is 1. The number of rotatable bonds is 2. The number of piperidine rings is 1. The molecule has 1 N–H and O–H groups in total. The Morgan fingerprint density at radius 3 is 2.86 bits per heavy atom. The van der Waals surface area contributed by atoms with Gasteiger partial charge in [0.25, 0.3) is 0 Å². The van der Waals surface area contributed by atoms with Gasteiger partial charge in [-0.05, 0) is 68.5 Å². The molecule has 5 rings (SSSR count). The Balaban J connectivity index is 1.37. The number of nitriles is 1. The van der Waals surface area contributed by atoms with Gasteiger partial charge in [-0.2, -0.15) is 5.26 Å². The van der Waals surface area contributed by atoms with Crippen LogP contribution in [0.5, 0.6) is 0 Å². The van der Waals surface area contributed by atoms with Crippen molar-refractivity contribution in [2.75, 3.05) is 5.32 Å². The van der Waals surface area contributed by atoms with Crippen LogP contribution in [-0.4, -0.2) is 32.4 Å². The molecule has 0 spiro atoms. The van der Waals surface area contributed by atoms with Crippen LogP contribution in [0.4, 0.5) is 10.5 Å². The van der Waals surface area contributed by atoms with Crippen LogP contribution in [0.25, 0.3) is 16.8 Å². The molecule has 2 aromatic heterocycles. The fourth-order valence-corrected chi connectivity index (χ4v) is 4.87. The summed E-state index contributed by atoms with van der Waals surface area (Å²) in [4.78, 5) is 19.3. The summed E-state index contributed by atoms with van der Waals surface area (Å²) in [7, 11) is 0. The van der Waals surface area contributed by atoms with E-state index in [2.05, 4.69) is 29.5 Å². The smallest absolute Gasteiger partial charge is 0.318 e. The average molecular weight is 385 g/mol. The molecule has 3 heterocycles. The van der Waals surface area contributed by atoms with Crippen molar-refractivity contribution >= 4 is 17.4 Å². The highest BCUT2D eigenvalue weighted by Crippen LogP contribution is 2.47. The van der Waals surface area contributed by atoms with E-state index in [1.165, 1.54) is 0 Å². The van der Waals surface area contributed by atoms with Crippen molar-refractivity contribution in [3.63, 3.8) is 0 Å². The molecule has 0 radical (unpaired) electrons. The first-order valence-corrected chi connectivity index (χ1v) is 10.0. The second-order valence-corrected chi connectivity index (χ2v) is 8.61. The third-order valence-corrected chi connectivity index (χ3v) is 6.38. The Morgan fingerprint density at radius 1 is 1.31 bits per heavy atom. The predicted octanol–water partition coefficient (Wildman–Crippen LogP) is 4.61. The van der Waals surface area contributed by atoms with Crippen LogP contribution in [0.3, 0.4) is 0 Å². The third kappa shape index (κ3) is 2.94. The fraction of sp³-hybridized carbons (Fsp3) is 0.348. The number of carbonyl (C=O) groups excluding carboxylic acids is 1. The molecule has 3 aromatic rings. The summed E-state index contributed by atoms with van der Waals surface area (Å²) in [5.41, 5.74) is 4.56.